The van der Waals surface area contributed by atoms with Gasteiger partial charge < -0.3 is 5.11 Å². The van der Waals surface area contributed by atoms with Crippen LogP contribution in [-0.2, 0) is 0 Å². The summed E-state index contributed by atoms with van der Waals surface area (Å²) in [5.41, 5.74) is 0. The van der Waals surface area contributed by atoms with Crippen molar-refractivity contribution in [1.82, 2.24) is 0 Å². The summed E-state index contributed by atoms with van der Waals surface area (Å²) >= 11 is 4.18. The number of hydrogen-bond donors (Lipinski definition) is 1. The average Bonchev–Trinajstić information content (AvgIpc) is 1.37. The topological polar surface area (TPSA) is 20.2 Å². The quantitative estimate of drug-likeness (QED) is 0.362. The fourth-order valence-corrected chi connectivity index (χ4v) is 0. The van der Waals surface area contributed by atoms with Crippen LogP contribution in [0.5, 0.6) is 0 Å². The summed E-state index contributed by atoms with van der Waals surface area (Å²) in [6.45, 7) is 0.00926. The molecule has 26 valence electrons. The van der Waals surface area contributed by atoms with E-state index in [1.54, 1.807) is 0 Å². The maximum atomic E-state index is 7.72. The summed E-state index contributed by atoms with van der Waals surface area (Å²) in [5, 5.41) is 8.98. The zero-order chi connectivity index (χ0) is 3.41. The van der Waals surface area contributed by atoms with Gasteiger partial charge in [0.05, 0.1) is 6.61 Å². The van der Waals surface area contributed by atoms with Crippen molar-refractivity contribution in [1.29, 1.82) is 0 Å². The van der Waals surface area contributed by atoms with Gasteiger partial charge in [0.1, 0.15) is 0 Å². The van der Waals surface area contributed by atoms with Gasteiger partial charge in [-0.25, -0.2) is 0 Å². The van der Waals surface area contributed by atoms with Crippen LogP contribution in [0.2, 0.25) is 0 Å². The van der Waals surface area contributed by atoms with Crippen molar-refractivity contribution < 1.29 is 5.11 Å². The SMILES string of the molecule is OCC=S.[KH]. The van der Waals surface area contributed by atoms with E-state index in [2.05, 4.69) is 12.2 Å². The van der Waals surface area contributed by atoms with Gasteiger partial charge in [-0.15, -0.1) is 0 Å². The number of aliphatic hydroxyl groups is 1. The molecule has 0 saturated carbocycles. The molecule has 0 heterocycles. The Hall–Kier alpha value is 1.69. The molecule has 1 N–H and O–H groups in total. The molecule has 0 atom stereocenters. The third kappa shape index (κ3) is 10.7. The van der Waals surface area contributed by atoms with Crippen molar-refractivity contribution >= 4 is 69.0 Å². The molecule has 1 nitrogen and oxygen atoms in total. The van der Waals surface area contributed by atoms with Gasteiger partial charge in [0.25, 0.3) is 0 Å². The molecule has 0 aliphatic heterocycles. The molecule has 0 spiro atoms. The van der Waals surface area contributed by atoms with E-state index >= 15 is 0 Å². The molecule has 5 heavy (non-hydrogen) atoms. The predicted molar refractivity (Wildman–Crippen MR) is 27.9 cm³/mol. The second kappa shape index (κ2) is 9.19. The van der Waals surface area contributed by atoms with E-state index in [-0.39, 0.29) is 58.0 Å². The average molecular weight is 116 g/mol. The molecule has 0 saturated heterocycles. The van der Waals surface area contributed by atoms with Gasteiger partial charge in [-0.05, 0) is 0 Å². The van der Waals surface area contributed by atoms with Gasteiger partial charge in [0.2, 0.25) is 0 Å². The molecule has 3 heteroatoms. The maximum absolute atomic E-state index is 7.72. The molecule has 0 bridgehead atoms. The van der Waals surface area contributed by atoms with Crippen LogP contribution in [0.15, 0.2) is 0 Å². The Kier molecular flexibility index (Phi) is 18.1. The Bertz CT molecular complexity index is 23.6. The van der Waals surface area contributed by atoms with Gasteiger partial charge >= 0.3 is 51.4 Å². The van der Waals surface area contributed by atoms with Crippen molar-refractivity contribution in [3.63, 3.8) is 0 Å². The summed E-state index contributed by atoms with van der Waals surface area (Å²) in [6, 6.07) is 0. The van der Waals surface area contributed by atoms with Crippen LogP contribution < -0.4 is 0 Å². The minimum absolute atomic E-state index is 0. The first-order valence-electron chi connectivity index (χ1n) is 0.960. The molecular formula is C2H5KOS. The molecule has 0 aromatic heterocycles. The van der Waals surface area contributed by atoms with Crippen molar-refractivity contribution in [2.24, 2.45) is 0 Å². The van der Waals surface area contributed by atoms with Gasteiger partial charge in [-0.2, -0.15) is 0 Å². The molecule has 0 fully saturated rings. The first kappa shape index (κ1) is 9.84. The first-order valence-corrected chi connectivity index (χ1v) is 1.43. The van der Waals surface area contributed by atoms with E-state index < -0.39 is 0 Å². The monoisotopic (exact) mass is 116 g/mol. The molecule has 0 radical (unpaired) electrons. The molecular weight excluding hydrogens is 111 g/mol. The van der Waals surface area contributed by atoms with E-state index in [1.165, 1.54) is 5.37 Å². The van der Waals surface area contributed by atoms with Crippen LogP contribution in [0.1, 0.15) is 0 Å². The van der Waals surface area contributed by atoms with E-state index in [0.717, 1.165) is 0 Å². The van der Waals surface area contributed by atoms with Crippen molar-refractivity contribution in [2.75, 3.05) is 6.61 Å². The van der Waals surface area contributed by atoms with Crippen LogP contribution in [0.3, 0.4) is 0 Å². The van der Waals surface area contributed by atoms with E-state index in [1.807, 2.05) is 0 Å². The third-order valence-corrected chi connectivity index (χ3v) is 0.224. The van der Waals surface area contributed by atoms with Crippen molar-refractivity contribution in [3.05, 3.63) is 0 Å². The number of hydrogen-bond acceptors (Lipinski definition) is 2. The molecule has 0 amide bonds. The molecule has 0 aromatic carbocycles. The van der Waals surface area contributed by atoms with Crippen LogP contribution in [0.25, 0.3) is 0 Å². The van der Waals surface area contributed by atoms with Crippen molar-refractivity contribution in [2.45, 2.75) is 0 Å². The van der Waals surface area contributed by atoms with Crippen molar-refractivity contribution in [3.8, 4) is 0 Å². The summed E-state index contributed by atoms with van der Waals surface area (Å²) in [7, 11) is 0. The summed E-state index contributed by atoms with van der Waals surface area (Å²) in [6.07, 6.45) is 0. The Morgan fingerprint density at radius 3 is 2.00 bits per heavy atom. The standard InChI is InChI=1S/C2H4OS.K.H/c3-1-2-4;;/h2-3H,1H2;;. The number of rotatable bonds is 1. The van der Waals surface area contributed by atoms with Gasteiger partial charge in [-0.1, -0.05) is 12.2 Å². The zero-order valence-corrected chi connectivity index (χ0v) is 2.96. The van der Waals surface area contributed by atoms with E-state index in [9.17, 15) is 0 Å². The zero-order valence-electron chi connectivity index (χ0n) is 2.14. The first-order chi connectivity index (χ1) is 1.91. The van der Waals surface area contributed by atoms with Gasteiger partial charge in [0, 0.05) is 5.37 Å². The normalized spacial score (nSPS) is 5.00. The molecule has 0 aromatic rings. The second-order valence-electron chi connectivity index (χ2n) is 0.349. The fourth-order valence-electron chi connectivity index (χ4n) is 0. The van der Waals surface area contributed by atoms with E-state index in [0.29, 0.717) is 0 Å². The Morgan fingerprint density at radius 2 is 2.00 bits per heavy atom. The summed E-state index contributed by atoms with van der Waals surface area (Å²) in [5.74, 6) is 0. The van der Waals surface area contributed by atoms with Gasteiger partial charge in [-0.3, -0.25) is 0 Å². The van der Waals surface area contributed by atoms with Gasteiger partial charge in [0.15, 0.2) is 0 Å². The summed E-state index contributed by atoms with van der Waals surface area (Å²) in [4.78, 5) is 0. The summed E-state index contributed by atoms with van der Waals surface area (Å²) < 4.78 is 0. The molecule has 0 aliphatic rings. The Morgan fingerprint density at radius 1 is 1.80 bits per heavy atom. The Balaban J connectivity index is 0. The number of aliphatic hydroxyl groups excluding tert-OH is 1. The van der Waals surface area contributed by atoms with Crippen LogP contribution in [0, 0.1) is 0 Å². The number of thiocarbonyl (C=S) groups is 1. The molecule has 0 unspecified atom stereocenters. The second-order valence-corrected chi connectivity index (χ2v) is 0.683. The van der Waals surface area contributed by atoms with E-state index in [4.69, 9.17) is 5.11 Å². The predicted octanol–water partition coefficient (Wildman–Crippen LogP) is -0.670. The fraction of sp³-hybridized carbons (Fsp3) is 0.500. The Labute approximate surface area is 79.2 Å². The minimum atomic E-state index is 0. The van der Waals surface area contributed by atoms with Crippen LogP contribution in [-0.4, -0.2) is 68.5 Å². The molecule has 0 aliphatic carbocycles. The third-order valence-electron chi connectivity index (χ3n) is 0.0745. The van der Waals surface area contributed by atoms with Crippen LogP contribution >= 0.6 is 12.2 Å². The molecule has 0 rings (SSSR count). The van der Waals surface area contributed by atoms with Crippen LogP contribution in [0.4, 0.5) is 0 Å².